The first-order valence-electron chi connectivity index (χ1n) is 6.41. The summed E-state index contributed by atoms with van der Waals surface area (Å²) < 4.78 is 0. The number of benzene rings is 1. The number of nitrogens with two attached hydrogens (primary N) is 1. The molecule has 0 spiro atoms. The third-order valence-electron chi connectivity index (χ3n) is 3.70. The van der Waals surface area contributed by atoms with Gasteiger partial charge in [0.25, 0.3) is 0 Å². The first kappa shape index (κ1) is 12.7. The maximum absolute atomic E-state index is 6.35. The van der Waals surface area contributed by atoms with Crippen LogP contribution in [0.1, 0.15) is 38.3 Å². The van der Waals surface area contributed by atoms with Crippen LogP contribution in [0.5, 0.6) is 0 Å². The highest BCUT2D eigenvalue weighted by Gasteiger charge is 2.22. The lowest BCUT2D eigenvalue weighted by Gasteiger charge is -2.21. The van der Waals surface area contributed by atoms with Crippen LogP contribution < -0.4 is 10.6 Å². The summed E-state index contributed by atoms with van der Waals surface area (Å²) in [5, 5.41) is 0.830. The van der Waals surface area contributed by atoms with Crippen molar-refractivity contribution < 1.29 is 0 Å². The molecule has 1 saturated heterocycles. The topological polar surface area (TPSA) is 29.3 Å². The number of halogens is 1. The predicted octanol–water partition coefficient (Wildman–Crippen LogP) is 3.60. The second-order valence-corrected chi connectivity index (χ2v) is 5.42. The molecule has 1 aromatic carbocycles. The molecule has 94 valence electrons. The minimum absolute atomic E-state index is 0.0449. The van der Waals surface area contributed by atoms with E-state index >= 15 is 0 Å². The van der Waals surface area contributed by atoms with E-state index in [0.717, 1.165) is 35.3 Å². The van der Waals surface area contributed by atoms with Crippen molar-refractivity contribution in [1.29, 1.82) is 0 Å². The van der Waals surface area contributed by atoms with Gasteiger partial charge in [0.1, 0.15) is 0 Å². The molecule has 3 heteroatoms. The Morgan fingerprint density at radius 1 is 1.53 bits per heavy atom. The maximum atomic E-state index is 6.35. The zero-order valence-corrected chi connectivity index (χ0v) is 11.4. The fourth-order valence-corrected chi connectivity index (χ4v) is 2.76. The van der Waals surface area contributed by atoms with Crippen LogP contribution >= 0.6 is 11.6 Å². The van der Waals surface area contributed by atoms with E-state index in [1.54, 1.807) is 0 Å². The molecule has 1 aliphatic rings. The number of hydrogen-bond acceptors (Lipinski definition) is 2. The van der Waals surface area contributed by atoms with Crippen molar-refractivity contribution in [1.82, 2.24) is 0 Å². The highest BCUT2D eigenvalue weighted by atomic mass is 35.5. The fraction of sp³-hybridized carbons (Fsp3) is 0.571. The van der Waals surface area contributed by atoms with E-state index in [1.165, 1.54) is 12.8 Å². The van der Waals surface area contributed by atoms with Gasteiger partial charge in [-0.25, -0.2) is 0 Å². The lowest BCUT2D eigenvalue weighted by Crippen LogP contribution is -2.20. The quantitative estimate of drug-likeness (QED) is 0.891. The molecule has 0 amide bonds. The van der Waals surface area contributed by atoms with Gasteiger partial charge in [0.2, 0.25) is 0 Å². The van der Waals surface area contributed by atoms with Gasteiger partial charge in [-0.2, -0.15) is 0 Å². The zero-order chi connectivity index (χ0) is 12.4. The number of nitrogens with zero attached hydrogens (tertiary/aromatic N) is 1. The van der Waals surface area contributed by atoms with Gasteiger partial charge in [0.15, 0.2) is 0 Å². The fourth-order valence-electron chi connectivity index (χ4n) is 2.45. The summed E-state index contributed by atoms with van der Waals surface area (Å²) in [6, 6.07) is 6.24. The molecule has 2 rings (SSSR count). The summed E-state index contributed by atoms with van der Waals surface area (Å²) in [6.45, 7) is 6.49. The van der Waals surface area contributed by atoms with E-state index < -0.39 is 0 Å². The molecule has 1 aromatic rings. The summed E-state index contributed by atoms with van der Waals surface area (Å²) in [7, 11) is 0. The molecule has 1 heterocycles. The first-order valence-corrected chi connectivity index (χ1v) is 6.79. The Kier molecular flexibility index (Phi) is 3.95. The van der Waals surface area contributed by atoms with E-state index in [4.69, 9.17) is 17.3 Å². The Balaban J connectivity index is 2.17. The molecule has 2 unspecified atom stereocenters. The molecule has 0 aromatic heterocycles. The van der Waals surface area contributed by atoms with Gasteiger partial charge in [-0.1, -0.05) is 31.0 Å². The van der Waals surface area contributed by atoms with Crippen LogP contribution in [-0.4, -0.2) is 13.1 Å². The standard InChI is InChI=1S/C14H21ClN2/c1-3-11-6-7-17(9-11)14-5-4-12(10(2)16)8-13(14)15/h4-5,8,10-11H,3,6-7,9,16H2,1-2H3. The van der Waals surface area contributed by atoms with E-state index in [9.17, 15) is 0 Å². The lowest BCUT2D eigenvalue weighted by atomic mass is 10.1. The maximum Gasteiger partial charge on any atom is 0.0642 e. The largest absolute Gasteiger partial charge is 0.370 e. The summed E-state index contributed by atoms with van der Waals surface area (Å²) in [6.07, 6.45) is 2.54. The Hall–Kier alpha value is -0.730. The van der Waals surface area contributed by atoms with E-state index in [0.29, 0.717) is 0 Å². The molecule has 2 nitrogen and oxygen atoms in total. The van der Waals surface area contributed by atoms with Crippen LogP contribution in [0.3, 0.4) is 0 Å². The zero-order valence-electron chi connectivity index (χ0n) is 10.6. The van der Waals surface area contributed by atoms with Crippen LogP contribution in [0.2, 0.25) is 5.02 Å². The van der Waals surface area contributed by atoms with Gasteiger partial charge < -0.3 is 10.6 Å². The molecule has 1 fully saturated rings. The normalized spacial score (nSPS) is 21.9. The molecule has 2 atom stereocenters. The van der Waals surface area contributed by atoms with Crippen LogP contribution in [0.4, 0.5) is 5.69 Å². The van der Waals surface area contributed by atoms with Crippen LogP contribution in [0.25, 0.3) is 0 Å². The van der Waals surface area contributed by atoms with Gasteiger partial charge in [-0.3, -0.25) is 0 Å². The third kappa shape index (κ3) is 2.75. The Morgan fingerprint density at radius 3 is 2.82 bits per heavy atom. The minimum Gasteiger partial charge on any atom is -0.370 e. The molecule has 2 N–H and O–H groups in total. The van der Waals surface area contributed by atoms with Gasteiger partial charge in [-0.15, -0.1) is 0 Å². The van der Waals surface area contributed by atoms with Crippen molar-refractivity contribution in [3.05, 3.63) is 28.8 Å². The lowest BCUT2D eigenvalue weighted by molar-refractivity contribution is 0.569. The highest BCUT2D eigenvalue weighted by Crippen LogP contribution is 2.32. The van der Waals surface area contributed by atoms with Gasteiger partial charge in [0.05, 0.1) is 10.7 Å². The Morgan fingerprint density at radius 2 is 2.29 bits per heavy atom. The Labute approximate surface area is 109 Å². The first-order chi connectivity index (χ1) is 8.11. The molecular weight excluding hydrogens is 232 g/mol. The van der Waals surface area contributed by atoms with Crippen molar-refractivity contribution in [3.8, 4) is 0 Å². The van der Waals surface area contributed by atoms with Crippen molar-refractivity contribution in [3.63, 3.8) is 0 Å². The molecule has 0 radical (unpaired) electrons. The van der Waals surface area contributed by atoms with Crippen LogP contribution in [-0.2, 0) is 0 Å². The summed E-state index contributed by atoms with van der Waals surface area (Å²) in [4.78, 5) is 2.39. The third-order valence-corrected chi connectivity index (χ3v) is 4.00. The summed E-state index contributed by atoms with van der Waals surface area (Å²) in [5.74, 6) is 0.819. The van der Waals surface area contributed by atoms with Crippen molar-refractivity contribution in [2.75, 3.05) is 18.0 Å². The Bertz CT molecular complexity index is 390. The molecule has 17 heavy (non-hydrogen) atoms. The average Bonchev–Trinajstić information content (AvgIpc) is 2.77. The molecule has 0 saturated carbocycles. The van der Waals surface area contributed by atoms with E-state index in [-0.39, 0.29) is 6.04 Å². The molecule has 0 bridgehead atoms. The second kappa shape index (κ2) is 5.28. The molecule has 0 aliphatic carbocycles. The van der Waals surface area contributed by atoms with Crippen LogP contribution in [0, 0.1) is 5.92 Å². The summed E-state index contributed by atoms with van der Waals surface area (Å²) >= 11 is 6.35. The minimum atomic E-state index is 0.0449. The van der Waals surface area contributed by atoms with Crippen molar-refractivity contribution in [2.24, 2.45) is 11.7 Å². The van der Waals surface area contributed by atoms with Crippen molar-refractivity contribution >= 4 is 17.3 Å². The summed E-state index contributed by atoms with van der Waals surface area (Å²) in [5.41, 5.74) is 8.12. The van der Waals surface area contributed by atoms with E-state index in [2.05, 4.69) is 24.0 Å². The van der Waals surface area contributed by atoms with Crippen LogP contribution in [0.15, 0.2) is 18.2 Å². The number of rotatable bonds is 3. The monoisotopic (exact) mass is 252 g/mol. The predicted molar refractivity (Wildman–Crippen MR) is 74.7 cm³/mol. The molecular formula is C14H21ClN2. The smallest absolute Gasteiger partial charge is 0.0642 e. The number of anilines is 1. The number of hydrogen-bond donors (Lipinski definition) is 1. The SMILES string of the molecule is CCC1CCN(c2ccc(C(C)N)cc2Cl)C1. The second-order valence-electron chi connectivity index (χ2n) is 5.01. The van der Waals surface area contributed by atoms with Gasteiger partial charge in [-0.05, 0) is 37.0 Å². The highest BCUT2D eigenvalue weighted by molar-refractivity contribution is 6.33. The molecule has 1 aliphatic heterocycles. The average molecular weight is 253 g/mol. The van der Waals surface area contributed by atoms with Crippen molar-refractivity contribution in [2.45, 2.75) is 32.7 Å². The van der Waals surface area contributed by atoms with Gasteiger partial charge in [0, 0.05) is 19.1 Å². The van der Waals surface area contributed by atoms with Gasteiger partial charge >= 0.3 is 0 Å². The van der Waals surface area contributed by atoms with E-state index in [1.807, 2.05) is 13.0 Å².